The van der Waals surface area contributed by atoms with E-state index in [4.69, 9.17) is 4.42 Å². The number of rotatable bonds is 4. The maximum absolute atomic E-state index is 12.5. The normalized spacial score (nSPS) is 16.9. The second-order valence-electron chi connectivity index (χ2n) is 6.73. The summed E-state index contributed by atoms with van der Waals surface area (Å²) >= 11 is 0. The summed E-state index contributed by atoms with van der Waals surface area (Å²) < 4.78 is 8.33. The molecule has 1 aliphatic heterocycles. The van der Waals surface area contributed by atoms with Crippen molar-refractivity contribution in [1.29, 1.82) is 0 Å². The predicted molar refractivity (Wildman–Crippen MR) is 100 cm³/mol. The van der Waals surface area contributed by atoms with Gasteiger partial charge in [0.2, 0.25) is 11.6 Å². The van der Waals surface area contributed by atoms with Gasteiger partial charge < -0.3 is 14.6 Å². The van der Waals surface area contributed by atoms with Gasteiger partial charge in [0.25, 0.3) is 0 Å². The van der Waals surface area contributed by atoms with Gasteiger partial charge >= 0.3 is 5.76 Å². The first-order chi connectivity index (χ1) is 13.7. The molecule has 1 N–H and O–H groups in total. The van der Waals surface area contributed by atoms with Gasteiger partial charge in [-0.05, 0) is 18.6 Å². The lowest BCUT2D eigenvalue weighted by Crippen LogP contribution is -2.40. The van der Waals surface area contributed by atoms with Gasteiger partial charge in [0, 0.05) is 31.5 Å². The molecule has 4 aromatic rings. The second-order valence-corrected chi connectivity index (χ2v) is 6.73. The zero-order chi connectivity index (χ0) is 19.1. The maximum Gasteiger partial charge on any atom is 0.420 e. The van der Waals surface area contributed by atoms with E-state index in [0.29, 0.717) is 23.3 Å². The Morgan fingerprint density at radius 3 is 3.14 bits per heavy atom. The summed E-state index contributed by atoms with van der Waals surface area (Å²) in [6, 6.07) is 7.02. The zero-order valence-electron chi connectivity index (χ0n) is 14.9. The smallest absolute Gasteiger partial charge is 0.408 e. The highest BCUT2D eigenvalue weighted by molar-refractivity contribution is 5.79. The number of carbonyl (C=O) groups is 1. The lowest BCUT2D eigenvalue weighted by molar-refractivity contribution is -0.122. The van der Waals surface area contributed by atoms with Crippen LogP contribution >= 0.6 is 0 Å². The van der Waals surface area contributed by atoms with Crippen molar-refractivity contribution in [3.05, 3.63) is 53.5 Å². The molecule has 5 rings (SSSR count). The third-order valence-electron chi connectivity index (χ3n) is 4.93. The molecular weight excluding hydrogens is 362 g/mol. The fourth-order valence-electron chi connectivity index (χ4n) is 3.62. The van der Waals surface area contributed by atoms with Crippen LogP contribution in [0, 0.1) is 0 Å². The number of hydrogen-bond donors (Lipinski definition) is 1. The molecule has 142 valence electrons. The number of carbonyl (C=O) groups excluding carboxylic acids is 1. The molecule has 28 heavy (non-hydrogen) atoms. The van der Waals surface area contributed by atoms with E-state index in [2.05, 4.69) is 25.4 Å². The quantitative estimate of drug-likeness (QED) is 0.547. The van der Waals surface area contributed by atoms with Crippen molar-refractivity contribution in [3.8, 4) is 0 Å². The summed E-state index contributed by atoms with van der Waals surface area (Å²) in [4.78, 5) is 31.0. The average Bonchev–Trinajstić information content (AvgIpc) is 3.41. The summed E-state index contributed by atoms with van der Waals surface area (Å²) in [5.41, 5.74) is 1.77. The fraction of sp³-hybridized carbons (Fsp3) is 0.278. The highest BCUT2D eigenvalue weighted by atomic mass is 16.4. The number of anilines is 1. The first-order valence-corrected chi connectivity index (χ1v) is 8.96. The van der Waals surface area contributed by atoms with Gasteiger partial charge in [-0.25, -0.2) is 9.78 Å². The number of hydrogen-bond acceptors (Lipinski definition) is 7. The summed E-state index contributed by atoms with van der Waals surface area (Å²) in [7, 11) is 0. The van der Waals surface area contributed by atoms with Crippen LogP contribution in [-0.2, 0) is 11.3 Å². The molecule has 10 heteroatoms. The number of nitrogens with one attached hydrogen (secondary N) is 1. The van der Waals surface area contributed by atoms with E-state index in [0.717, 1.165) is 18.8 Å². The summed E-state index contributed by atoms with van der Waals surface area (Å²) in [5, 5.41) is 11.0. The zero-order valence-corrected chi connectivity index (χ0v) is 14.9. The van der Waals surface area contributed by atoms with E-state index in [-0.39, 0.29) is 18.5 Å². The Labute approximate surface area is 158 Å². The highest BCUT2D eigenvalue weighted by Crippen LogP contribution is 2.21. The molecule has 10 nitrogen and oxygen atoms in total. The number of nitrogens with zero attached hydrogens (tertiary/aromatic N) is 6. The number of amides is 1. The first-order valence-electron chi connectivity index (χ1n) is 8.96. The van der Waals surface area contributed by atoms with E-state index in [1.165, 1.54) is 4.57 Å². The minimum absolute atomic E-state index is 0.0358. The molecule has 1 aromatic carbocycles. The van der Waals surface area contributed by atoms with Crippen molar-refractivity contribution >= 4 is 28.5 Å². The average molecular weight is 379 g/mol. The van der Waals surface area contributed by atoms with Crippen molar-refractivity contribution in [2.24, 2.45) is 0 Å². The number of fused-ring (bicyclic) bond motifs is 2. The van der Waals surface area contributed by atoms with Crippen molar-refractivity contribution in [2.45, 2.75) is 19.0 Å². The van der Waals surface area contributed by atoms with Gasteiger partial charge in [-0.1, -0.05) is 12.1 Å². The fourth-order valence-corrected chi connectivity index (χ4v) is 3.62. The molecule has 1 amide bonds. The van der Waals surface area contributed by atoms with Gasteiger partial charge in [0.1, 0.15) is 12.9 Å². The Morgan fingerprint density at radius 1 is 1.32 bits per heavy atom. The van der Waals surface area contributed by atoms with Crippen LogP contribution in [-0.4, -0.2) is 49.2 Å². The minimum Gasteiger partial charge on any atom is -0.408 e. The molecule has 0 unspecified atom stereocenters. The topological polar surface area (TPSA) is 111 Å². The number of oxazole rings is 1. The van der Waals surface area contributed by atoms with Crippen LogP contribution in [0.4, 0.5) is 5.82 Å². The van der Waals surface area contributed by atoms with E-state index >= 15 is 0 Å². The Hall–Kier alpha value is -3.69. The molecule has 0 saturated carbocycles. The Morgan fingerprint density at radius 2 is 2.21 bits per heavy atom. The van der Waals surface area contributed by atoms with E-state index in [9.17, 15) is 9.59 Å². The predicted octanol–water partition coefficient (Wildman–Crippen LogP) is 0.427. The molecule has 1 fully saturated rings. The van der Waals surface area contributed by atoms with E-state index in [1.54, 1.807) is 43.0 Å². The molecular formula is C18H17N7O3. The SMILES string of the molecule is O=C(Cn1c(=O)oc2ccccc21)N[C@H]1CCN(c2nccn3cnnc23)C1. The monoisotopic (exact) mass is 379 g/mol. The third kappa shape index (κ3) is 2.79. The van der Waals surface area contributed by atoms with Crippen LogP contribution in [0.5, 0.6) is 0 Å². The number of aromatic nitrogens is 5. The molecule has 1 aliphatic rings. The van der Waals surface area contributed by atoms with Crippen LogP contribution in [0.1, 0.15) is 6.42 Å². The van der Waals surface area contributed by atoms with Crippen molar-refractivity contribution in [2.75, 3.05) is 18.0 Å². The Balaban J connectivity index is 1.28. The maximum atomic E-state index is 12.5. The molecule has 0 bridgehead atoms. The van der Waals surface area contributed by atoms with Gasteiger partial charge in [-0.15, -0.1) is 10.2 Å². The lowest BCUT2D eigenvalue weighted by atomic mass is 10.2. The Bertz CT molecular complexity index is 1220. The molecule has 0 spiro atoms. The molecule has 3 aromatic heterocycles. The van der Waals surface area contributed by atoms with Crippen LogP contribution < -0.4 is 16.0 Å². The van der Waals surface area contributed by atoms with Crippen molar-refractivity contribution < 1.29 is 9.21 Å². The van der Waals surface area contributed by atoms with Crippen LogP contribution in [0.3, 0.4) is 0 Å². The molecule has 1 atom stereocenters. The number of benzene rings is 1. The van der Waals surface area contributed by atoms with Crippen molar-refractivity contribution in [1.82, 2.24) is 29.5 Å². The van der Waals surface area contributed by atoms with Gasteiger partial charge in [-0.3, -0.25) is 13.8 Å². The molecule has 4 heterocycles. The molecule has 0 aliphatic carbocycles. The standard InChI is InChI=1S/C18H17N7O3/c26-15(10-25-13-3-1-2-4-14(13)28-18(25)27)21-12-5-7-23(9-12)16-17-22-20-11-24(17)8-6-19-16/h1-4,6,8,11-12H,5,7,9-10H2,(H,21,26)/t12-/m0/s1. The van der Waals surface area contributed by atoms with Crippen LogP contribution in [0.2, 0.25) is 0 Å². The second kappa shape index (κ2) is 6.48. The minimum atomic E-state index is -0.535. The Kier molecular flexibility index (Phi) is 3.81. The largest absolute Gasteiger partial charge is 0.420 e. The summed E-state index contributed by atoms with van der Waals surface area (Å²) in [6.45, 7) is 1.29. The van der Waals surface area contributed by atoms with E-state index < -0.39 is 5.76 Å². The first kappa shape index (κ1) is 16.5. The number of para-hydroxylation sites is 2. The van der Waals surface area contributed by atoms with Gasteiger partial charge in [0.05, 0.1) is 5.52 Å². The third-order valence-corrected chi connectivity index (χ3v) is 4.93. The molecule has 0 radical (unpaired) electrons. The molecule has 1 saturated heterocycles. The van der Waals surface area contributed by atoms with Crippen LogP contribution in [0.15, 0.2) is 52.2 Å². The lowest BCUT2D eigenvalue weighted by Gasteiger charge is -2.18. The van der Waals surface area contributed by atoms with Gasteiger partial charge in [0.15, 0.2) is 11.4 Å². The van der Waals surface area contributed by atoms with Crippen LogP contribution in [0.25, 0.3) is 16.7 Å². The van der Waals surface area contributed by atoms with E-state index in [1.807, 2.05) is 4.40 Å². The summed E-state index contributed by atoms with van der Waals surface area (Å²) in [5.74, 6) is -0.0185. The van der Waals surface area contributed by atoms with Crippen molar-refractivity contribution in [3.63, 3.8) is 0 Å². The summed E-state index contributed by atoms with van der Waals surface area (Å²) in [6.07, 6.45) is 5.90. The highest BCUT2D eigenvalue weighted by Gasteiger charge is 2.27. The van der Waals surface area contributed by atoms with Gasteiger partial charge in [-0.2, -0.15) is 0 Å².